The quantitative estimate of drug-likeness (QED) is 0.468. The van der Waals surface area contributed by atoms with E-state index in [4.69, 9.17) is 5.26 Å². The van der Waals surface area contributed by atoms with Crippen molar-refractivity contribution in [2.24, 2.45) is 5.10 Å². The van der Waals surface area contributed by atoms with Gasteiger partial charge < -0.3 is 0 Å². The highest BCUT2D eigenvalue weighted by Gasteiger charge is 2.22. The summed E-state index contributed by atoms with van der Waals surface area (Å²) in [6.45, 7) is 1.67. The maximum absolute atomic E-state index is 12.8. The largest absolute Gasteiger partial charge is 0.298 e. The molecule has 2 aromatic heterocycles. The topological polar surface area (TPSA) is 90.8 Å². The maximum atomic E-state index is 12.8. The number of hydrogen-bond acceptors (Lipinski definition) is 5. The Bertz CT molecular complexity index is 1160. The number of hydrazone groups is 1. The maximum Gasteiger partial charge on any atom is 0.279 e. The van der Waals surface area contributed by atoms with Gasteiger partial charge in [-0.15, -0.1) is 0 Å². The van der Waals surface area contributed by atoms with Gasteiger partial charge in [0.15, 0.2) is 0 Å². The molecule has 132 valence electrons. The summed E-state index contributed by atoms with van der Waals surface area (Å²) in [7, 11) is -2.52. The Morgan fingerprint density at radius 3 is 2.85 bits per heavy atom. The third kappa shape index (κ3) is 3.34. The van der Waals surface area contributed by atoms with Gasteiger partial charge in [-0.25, -0.2) is 4.98 Å². The van der Waals surface area contributed by atoms with Crippen molar-refractivity contribution in [1.82, 2.24) is 13.8 Å². The highest BCUT2D eigenvalue weighted by molar-refractivity contribution is 9.10. The van der Waals surface area contributed by atoms with Crippen molar-refractivity contribution in [2.45, 2.75) is 11.8 Å². The first-order valence-electron chi connectivity index (χ1n) is 7.49. The molecular formula is C17H14BrN5O2S. The second-order valence-electron chi connectivity index (χ2n) is 5.53. The molecule has 0 saturated heterocycles. The molecule has 0 amide bonds. The van der Waals surface area contributed by atoms with Crippen LogP contribution >= 0.6 is 15.9 Å². The van der Waals surface area contributed by atoms with Crippen LogP contribution in [0.25, 0.3) is 5.65 Å². The second kappa shape index (κ2) is 6.90. The van der Waals surface area contributed by atoms with Crippen LogP contribution in [0, 0.1) is 18.3 Å². The van der Waals surface area contributed by atoms with Crippen molar-refractivity contribution < 1.29 is 8.42 Å². The van der Waals surface area contributed by atoms with Crippen molar-refractivity contribution >= 4 is 37.8 Å². The van der Waals surface area contributed by atoms with E-state index in [2.05, 4.69) is 26.0 Å². The van der Waals surface area contributed by atoms with E-state index < -0.39 is 10.0 Å². The summed E-state index contributed by atoms with van der Waals surface area (Å²) in [6, 6.07) is 10.2. The van der Waals surface area contributed by atoms with E-state index in [1.165, 1.54) is 19.3 Å². The van der Waals surface area contributed by atoms with Gasteiger partial charge in [0.05, 0.1) is 34.6 Å². The molecule has 0 radical (unpaired) electrons. The Kier molecular flexibility index (Phi) is 4.80. The van der Waals surface area contributed by atoms with Crippen LogP contribution in [0.5, 0.6) is 0 Å². The SMILES string of the molecule is Cc1ccc(C#N)cc1S(=O)(=O)N(C)/N=C/c1cnc2ccc(Br)cn12. The monoisotopic (exact) mass is 431 g/mol. The zero-order valence-electron chi connectivity index (χ0n) is 14.0. The number of benzene rings is 1. The molecule has 0 fully saturated rings. The molecule has 0 N–H and O–H groups in total. The number of rotatable bonds is 4. The molecule has 3 aromatic rings. The molecular weight excluding hydrogens is 418 g/mol. The van der Waals surface area contributed by atoms with Crippen LogP contribution in [0.15, 0.2) is 57.2 Å². The summed E-state index contributed by atoms with van der Waals surface area (Å²) in [6.07, 6.45) is 4.85. The Hall–Kier alpha value is -2.70. The number of sulfonamides is 1. The van der Waals surface area contributed by atoms with Crippen LogP contribution in [0.3, 0.4) is 0 Å². The van der Waals surface area contributed by atoms with Crippen LogP contribution in [0.4, 0.5) is 0 Å². The molecule has 7 nitrogen and oxygen atoms in total. The minimum atomic E-state index is -3.87. The third-order valence-electron chi connectivity index (χ3n) is 3.79. The smallest absolute Gasteiger partial charge is 0.279 e. The van der Waals surface area contributed by atoms with Crippen molar-refractivity contribution in [3.63, 3.8) is 0 Å². The minimum absolute atomic E-state index is 0.0529. The molecule has 0 atom stereocenters. The average Bonchev–Trinajstić information content (AvgIpc) is 3.02. The standard InChI is InChI=1S/C17H14BrN5O2S/c1-12-3-4-13(8-19)7-16(12)26(24,25)22(2)21-10-15-9-20-17-6-5-14(18)11-23(15)17/h3-7,9-11H,1-2H3/b21-10+. The van der Waals surface area contributed by atoms with Gasteiger partial charge in [-0.1, -0.05) is 6.07 Å². The van der Waals surface area contributed by atoms with Gasteiger partial charge in [-0.05, 0) is 52.7 Å². The van der Waals surface area contributed by atoms with E-state index in [1.54, 1.807) is 29.7 Å². The van der Waals surface area contributed by atoms with E-state index in [-0.39, 0.29) is 10.5 Å². The van der Waals surface area contributed by atoms with Gasteiger partial charge >= 0.3 is 0 Å². The summed E-state index contributed by atoms with van der Waals surface area (Å²) < 4.78 is 29.1. The van der Waals surface area contributed by atoms with Gasteiger partial charge in [-0.2, -0.15) is 23.2 Å². The fourth-order valence-electron chi connectivity index (χ4n) is 2.36. The van der Waals surface area contributed by atoms with Gasteiger partial charge in [0.2, 0.25) is 0 Å². The third-order valence-corrected chi connectivity index (χ3v) is 6.05. The molecule has 26 heavy (non-hydrogen) atoms. The van der Waals surface area contributed by atoms with Crippen molar-refractivity contribution in [3.8, 4) is 6.07 Å². The normalized spacial score (nSPS) is 11.8. The summed E-state index contributed by atoms with van der Waals surface area (Å²) in [4.78, 5) is 4.29. The zero-order valence-corrected chi connectivity index (χ0v) is 16.4. The Morgan fingerprint density at radius 2 is 2.12 bits per heavy atom. The highest BCUT2D eigenvalue weighted by Crippen LogP contribution is 2.21. The first-order valence-corrected chi connectivity index (χ1v) is 9.72. The molecule has 0 unspecified atom stereocenters. The van der Waals surface area contributed by atoms with Crippen molar-refractivity contribution in [1.29, 1.82) is 5.26 Å². The number of hydrogen-bond donors (Lipinski definition) is 0. The average molecular weight is 432 g/mol. The predicted molar refractivity (Wildman–Crippen MR) is 101 cm³/mol. The summed E-state index contributed by atoms with van der Waals surface area (Å²) in [5, 5.41) is 13.1. The number of nitriles is 1. The van der Waals surface area contributed by atoms with Crippen LogP contribution in [0.1, 0.15) is 16.8 Å². The number of nitrogens with zero attached hydrogens (tertiary/aromatic N) is 5. The zero-order chi connectivity index (χ0) is 18.9. The Labute approximate surface area is 159 Å². The fourth-order valence-corrected chi connectivity index (χ4v) is 3.91. The minimum Gasteiger partial charge on any atom is -0.298 e. The van der Waals surface area contributed by atoms with Crippen LogP contribution < -0.4 is 0 Å². The lowest BCUT2D eigenvalue weighted by molar-refractivity contribution is 0.490. The lowest BCUT2D eigenvalue weighted by atomic mass is 10.2. The first kappa shape index (κ1) is 18.1. The summed E-state index contributed by atoms with van der Waals surface area (Å²) >= 11 is 3.39. The molecule has 0 aliphatic heterocycles. The molecule has 0 spiro atoms. The molecule has 0 bridgehead atoms. The van der Waals surface area contributed by atoms with Gasteiger partial charge in [-0.3, -0.25) is 4.40 Å². The fraction of sp³-hybridized carbons (Fsp3) is 0.118. The van der Waals surface area contributed by atoms with Crippen LogP contribution in [0.2, 0.25) is 0 Å². The van der Waals surface area contributed by atoms with Crippen LogP contribution in [-0.2, 0) is 10.0 Å². The van der Waals surface area contributed by atoms with Crippen molar-refractivity contribution in [3.05, 3.63) is 64.0 Å². The summed E-state index contributed by atoms with van der Waals surface area (Å²) in [5.74, 6) is 0. The van der Waals surface area contributed by atoms with E-state index in [0.717, 1.165) is 14.5 Å². The number of pyridine rings is 1. The molecule has 2 heterocycles. The van der Waals surface area contributed by atoms with E-state index >= 15 is 0 Å². The predicted octanol–water partition coefficient (Wildman–Crippen LogP) is 2.93. The molecule has 3 rings (SSSR count). The van der Waals surface area contributed by atoms with Gasteiger partial charge in [0.25, 0.3) is 10.0 Å². The van der Waals surface area contributed by atoms with Crippen LogP contribution in [-0.4, -0.2) is 35.5 Å². The molecule has 1 aromatic carbocycles. The Morgan fingerprint density at radius 1 is 1.35 bits per heavy atom. The number of aromatic nitrogens is 2. The highest BCUT2D eigenvalue weighted by atomic mass is 79.9. The lowest BCUT2D eigenvalue weighted by Gasteiger charge is -2.15. The first-order chi connectivity index (χ1) is 12.3. The van der Waals surface area contributed by atoms with Crippen molar-refractivity contribution in [2.75, 3.05) is 7.05 Å². The number of fused-ring (bicyclic) bond motifs is 1. The lowest BCUT2D eigenvalue weighted by Crippen LogP contribution is -2.23. The number of imidazole rings is 1. The van der Waals surface area contributed by atoms with Gasteiger partial charge in [0, 0.05) is 17.7 Å². The molecule has 0 aliphatic rings. The van der Waals surface area contributed by atoms with E-state index in [9.17, 15) is 8.42 Å². The number of aryl methyl sites for hydroxylation is 1. The van der Waals surface area contributed by atoms with Gasteiger partial charge in [0.1, 0.15) is 5.65 Å². The summed E-state index contributed by atoms with van der Waals surface area (Å²) in [5.41, 5.74) is 2.17. The van der Waals surface area contributed by atoms with E-state index in [1.807, 2.05) is 24.4 Å². The molecule has 0 aliphatic carbocycles. The molecule has 9 heteroatoms. The van der Waals surface area contributed by atoms with E-state index in [0.29, 0.717) is 11.3 Å². The second-order valence-corrected chi connectivity index (χ2v) is 8.37. The number of halogens is 1. The molecule has 0 saturated carbocycles. The Balaban J connectivity index is 1.96.